The Hall–Kier alpha value is -1.90. The van der Waals surface area contributed by atoms with Crippen LogP contribution in [0.1, 0.15) is 5.69 Å². The van der Waals surface area contributed by atoms with Gasteiger partial charge in [-0.1, -0.05) is 24.3 Å². The van der Waals surface area contributed by atoms with Gasteiger partial charge in [-0.05, 0) is 12.1 Å². The SMILES string of the molecule is CN(C=O)Cc1ccc2ccccc2n1. The quantitative estimate of drug-likeness (QED) is 0.708. The molecule has 0 saturated carbocycles. The molecule has 0 aliphatic carbocycles. The van der Waals surface area contributed by atoms with Crippen molar-refractivity contribution in [3.05, 3.63) is 42.1 Å². The smallest absolute Gasteiger partial charge is 0.209 e. The topological polar surface area (TPSA) is 33.2 Å². The Balaban J connectivity index is 2.34. The number of rotatable bonds is 3. The highest BCUT2D eigenvalue weighted by atomic mass is 16.1. The molecular formula is C12H12N2O. The summed E-state index contributed by atoms with van der Waals surface area (Å²) in [7, 11) is 1.74. The van der Waals surface area contributed by atoms with Crippen molar-refractivity contribution in [1.29, 1.82) is 0 Å². The largest absolute Gasteiger partial charge is 0.342 e. The first-order valence-corrected chi connectivity index (χ1v) is 4.80. The van der Waals surface area contributed by atoms with E-state index >= 15 is 0 Å². The second-order valence-electron chi connectivity index (χ2n) is 3.52. The molecule has 0 radical (unpaired) electrons. The fraction of sp³-hybridized carbons (Fsp3) is 0.167. The first-order chi connectivity index (χ1) is 7.29. The van der Waals surface area contributed by atoms with E-state index in [1.807, 2.05) is 36.4 Å². The molecule has 1 heterocycles. The summed E-state index contributed by atoms with van der Waals surface area (Å²) in [4.78, 5) is 16.5. The summed E-state index contributed by atoms with van der Waals surface area (Å²) in [5.74, 6) is 0. The van der Waals surface area contributed by atoms with E-state index in [9.17, 15) is 4.79 Å². The van der Waals surface area contributed by atoms with Crippen LogP contribution in [0, 0.1) is 0 Å². The minimum Gasteiger partial charge on any atom is -0.342 e. The molecule has 0 fully saturated rings. The van der Waals surface area contributed by atoms with Crippen LogP contribution in [0.15, 0.2) is 36.4 Å². The predicted octanol–water partition coefficient (Wildman–Crippen LogP) is 1.82. The van der Waals surface area contributed by atoms with Crippen molar-refractivity contribution in [2.24, 2.45) is 0 Å². The van der Waals surface area contributed by atoms with E-state index in [0.29, 0.717) is 6.54 Å². The summed E-state index contributed by atoms with van der Waals surface area (Å²) in [6.45, 7) is 0.550. The van der Waals surface area contributed by atoms with E-state index < -0.39 is 0 Å². The molecule has 0 unspecified atom stereocenters. The standard InChI is InChI=1S/C12H12N2O/c1-14(9-15)8-11-7-6-10-4-2-3-5-12(10)13-11/h2-7,9H,8H2,1H3. The third kappa shape index (κ3) is 2.13. The molecule has 15 heavy (non-hydrogen) atoms. The van der Waals surface area contributed by atoms with E-state index in [2.05, 4.69) is 4.98 Å². The molecule has 3 heteroatoms. The number of pyridine rings is 1. The van der Waals surface area contributed by atoms with Gasteiger partial charge in [0.15, 0.2) is 0 Å². The first kappa shape index (κ1) is 9.65. The molecule has 1 amide bonds. The lowest BCUT2D eigenvalue weighted by Gasteiger charge is -2.09. The van der Waals surface area contributed by atoms with Crippen LogP contribution in [0.4, 0.5) is 0 Å². The molecule has 0 aliphatic rings. The Morgan fingerprint density at radius 2 is 2.07 bits per heavy atom. The normalized spacial score (nSPS) is 10.2. The van der Waals surface area contributed by atoms with Gasteiger partial charge >= 0.3 is 0 Å². The van der Waals surface area contributed by atoms with E-state index in [-0.39, 0.29) is 0 Å². The molecule has 2 aromatic rings. The van der Waals surface area contributed by atoms with Crippen LogP contribution in [0.3, 0.4) is 0 Å². The molecule has 1 aromatic heterocycles. The molecule has 1 aromatic carbocycles. The fourth-order valence-corrected chi connectivity index (χ4v) is 1.49. The minimum absolute atomic E-state index is 0.550. The summed E-state index contributed by atoms with van der Waals surface area (Å²) in [5.41, 5.74) is 1.87. The van der Waals surface area contributed by atoms with Gasteiger partial charge in [-0.15, -0.1) is 0 Å². The lowest BCUT2D eigenvalue weighted by molar-refractivity contribution is -0.117. The molecule has 3 nitrogen and oxygen atoms in total. The molecule has 0 spiro atoms. The van der Waals surface area contributed by atoms with Gasteiger partial charge < -0.3 is 4.90 Å². The van der Waals surface area contributed by atoms with Gasteiger partial charge in [-0.2, -0.15) is 0 Å². The van der Waals surface area contributed by atoms with Gasteiger partial charge in [-0.3, -0.25) is 9.78 Å². The summed E-state index contributed by atoms with van der Waals surface area (Å²) >= 11 is 0. The van der Waals surface area contributed by atoms with Gasteiger partial charge in [0.05, 0.1) is 17.8 Å². The maximum atomic E-state index is 10.5. The molecule has 0 N–H and O–H groups in total. The molecule has 76 valence electrons. The van der Waals surface area contributed by atoms with Crippen LogP contribution in [0.5, 0.6) is 0 Å². The maximum Gasteiger partial charge on any atom is 0.209 e. The zero-order chi connectivity index (χ0) is 10.7. The van der Waals surface area contributed by atoms with Crippen molar-refractivity contribution in [3.63, 3.8) is 0 Å². The molecule has 0 aliphatic heterocycles. The number of aromatic nitrogens is 1. The van der Waals surface area contributed by atoms with Crippen molar-refractivity contribution < 1.29 is 4.79 Å². The van der Waals surface area contributed by atoms with Crippen LogP contribution < -0.4 is 0 Å². The van der Waals surface area contributed by atoms with E-state index in [1.54, 1.807) is 11.9 Å². The van der Waals surface area contributed by atoms with E-state index in [0.717, 1.165) is 23.0 Å². The molecule has 0 saturated heterocycles. The first-order valence-electron chi connectivity index (χ1n) is 4.80. The van der Waals surface area contributed by atoms with Crippen LogP contribution in [0.25, 0.3) is 10.9 Å². The third-order valence-electron chi connectivity index (χ3n) is 2.25. The second kappa shape index (κ2) is 4.09. The monoisotopic (exact) mass is 200 g/mol. The number of nitrogens with zero attached hydrogens (tertiary/aromatic N) is 2. The fourth-order valence-electron chi connectivity index (χ4n) is 1.49. The van der Waals surface area contributed by atoms with Crippen LogP contribution in [-0.4, -0.2) is 23.3 Å². The Labute approximate surface area is 88.3 Å². The molecule has 0 bridgehead atoms. The Kier molecular flexibility index (Phi) is 2.63. The van der Waals surface area contributed by atoms with Gasteiger partial charge in [0, 0.05) is 12.4 Å². The van der Waals surface area contributed by atoms with Gasteiger partial charge in [0.25, 0.3) is 0 Å². The van der Waals surface area contributed by atoms with Gasteiger partial charge in [0.1, 0.15) is 0 Å². The number of hydrogen-bond acceptors (Lipinski definition) is 2. The second-order valence-corrected chi connectivity index (χ2v) is 3.52. The van der Waals surface area contributed by atoms with Gasteiger partial charge in [0.2, 0.25) is 6.41 Å². The van der Waals surface area contributed by atoms with Crippen molar-refractivity contribution in [2.75, 3.05) is 7.05 Å². The van der Waals surface area contributed by atoms with Gasteiger partial charge in [-0.25, -0.2) is 0 Å². The van der Waals surface area contributed by atoms with E-state index in [4.69, 9.17) is 0 Å². The molecule has 2 rings (SSSR count). The van der Waals surface area contributed by atoms with Crippen LogP contribution in [0.2, 0.25) is 0 Å². The van der Waals surface area contributed by atoms with Crippen LogP contribution >= 0.6 is 0 Å². The number of hydrogen-bond donors (Lipinski definition) is 0. The predicted molar refractivity (Wildman–Crippen MR) is 59.3 cm³/mol. The summed E-state index contributed by atoms with van der Waals surface area (Å²) in [6, 6.07) is 11.9. The number of para-hydroxylation sites is 1. The minimum atomic E-state index is 0.550. The highest BCUT2D eigenvalue weighted by Crippen LogP contribution is 2.12. The van der Waals surface area contributed by atoms with Crippen molar-refractivity contribution in [1.82, 2.24) is 9.88 Å². The highest BCUT2D eigenvalue weighted by molar-refractivity contribution is 5.78. The van der Waals surface area contributed by atoms with E-state index in [1.165, 1.54) is 0 Å². The Morgan fingerprint density at radius 3 is 2.87 bits per heavy atom. The average molecular weight is 200 g/mol. The Morgan fingerprint density at radius 1 is 1.27 bits per heavy atom. The average Bonchev–Trinajstić information content (AvgIpc) is 2.29. The number of amides is 1. The summed E-state index contributed by atoms with van der Waals surface area (Å²) < 4.78 is 0. The maximum absolute atomic E-state index is 10.5. The lowest BCUT2D eigenvalue weighted by atomic mass is 10.2. The number of carbonyl (C=O) groups excluding carboxylic acids is 1. The van der Waals surface area contributed by atoms with Crippen molar-refractivity contribution >= 4 is 17.3 Å². The van der Waals surface area contributed by atoms with Crippen LogP contribution in [-0.2, 0) is 11.3 Å². The summed E-state index contributed by atoms with van der Waals surface area (Å²) in [5, 5.41) is 1.12. The third-order valence-corrected chi connectivity index (χ3v) is 2.25. The lowest BCUT2D eigenvalue weighted by Crippen LogP contribution is -2.15. The molecule has 0 atom stereocenters. The van der Waals surface area contributed by atoms with Crippen molar-refractivity contribution in [2.45, 2.75) is 6.54 Å². The highest BCUT2D eigenvalue weighted by Gasteiger charge is 2.00. The Bertz CT molecular complexity index is 482. The molecular weight excluding hydrogens is 188 g/mol. The zero-order valence-electron chi connectivity index (χ0n) is 8.55. The number of benzene rings is 1. The van der Waals surface area contributed by atoms with Crippen molar-refractivity contribution in [3.8, 4) is 0 Å². The zero-order valence-corrected chi connectivity index (χ0v) is 8.55. The summed E-state index contributed by atoms with van der Waals surface area (Å²) in [6.07, 6.45) is 0.802. The number of carbonyl (C=O) groups is 1. The number of fused-ring (bicyclic) bond motifs is 1.